The molecule has 2 fully saturated rings. The highest BCUT2D eigenvalue weighted by Gasteiger charge is 2.32. The molecule has 2 saturated heterocycles. The van der Waals surface area contributed by atoms with Crippen LogP contribution in [0.1, 0.15) is 119 Å². The van der Waals surface area contributed by atoms with E-state index in [1.165, 1.54) is 48.7 Å². The summed E-state index contributed by atoms with van der Waals surface area (Å²) in [6, 6.07) is 14.8. The SMILES string of the molecule is CCCS(=O)(=O)Nc1cccc(-c2nc(C3CCN(C(=O)CCCCCCCCNC(=O)CCC(=O)N4CCC(c5nn(CC(=O)N(C)CC(=O)NCC(=O)OC)c6cccc(-c7cc8c(cnn8C)cc7F)c56)CC4)CC3)sc2-c2ccnc(N)n2)c1F. The lowest BCUT2D eigenvalue weighted by Gasteiger charge is -2.31. The number of anilines is 2. The summed E-state index contributed by atoms with van der Waals surface area (Å²) in [5, 5.41) is 16.8. The number of nitrogens with zero attached hydrogens (tertiary/aromatic N) is 10. The van der Waals surface area contributed by atoms with Crippen molar-refractivity contribution in [2.24, 2.45) is 7.05 Å². The third-order valence-corrected chi connectivity index (χ3v) is 19.1. The summed E-state index contributed by atoms with van der Waals surface area (Å²) in [6.07, 6.45) is 11.7. The first-order valence-corrected chi connectivity index (χ1v) is 32.7. The number of hydrogen-bond acceptors (Lipinski definition) is 16. The van der Waals surface area contributed by atoms with Gasteiger partial charge in [-0.25, -0.2) is 32.2 Å². The second-order valence-corrected chi connectivity index (χ2v) is 25.5. The molecular weight excluding hydrogens is 1190 g/mol. The number of carbonyl (C=O) groups excluding carboxylic acids is 6. The highest BCUT2D eigenvalue weighted by atomic mass is 32.2. The van der Waals surface area contributed by atoms with E-state index in [-0.39, 0.29) is 85.0 Å². The van der Waals surface area contributed by atoms with E-state index in [1.54, 1.807) is 64.8 Å². The van der Waals surface area contributed by atoms with E-state index in [4.69, 9.17) is 15.8 Å². The minimum atomic E-state index is -3.76. The molecule has 0 unspecified atom stereocenters. The minimum Gasteiger partial charge on any atom is -0.468 e. The van der Waals surface area contributed by atoms with Crippen LogP contribution in [0.5, 0.6) is 0 Å². The van der Waals surface area contributed by atoms with Crippen molar-refractivity contribution in [1.82, 2.24) is 59.8 Å². The summed E-state index contributed by atoms with van der Waals surface area (Å²) in [4.78, 5) is 96.1. The van der Waals surface area contributed by atoms with E-state index >= 15 is 8.78 Å². The van der Waals surface area contributed by atoms with Crippen LogP contribution in [-0.2, 0) is 57.1 Å². The van der Waals surface area contributed by atoms with E-state index in [1.807, 2.05) is 17.0 Å². The molecule has 0 aliphatic carbocycles. The van der Waals surface area contributed by atoms with Crippen LogP contribution in [0.3, 0.4) is 0 Å². The fourth-order valence-corrected chi connectivity index (χ4v) is 13.9. The third-order valence-electron chi connectivity index (χ3n) is 16.4. The number of hydrogen-bond donors (Lipinski definition) is 4. The summed E-state index contributed by atoms with van der Waals surface area (Å²) in [6.45, 7) is 3.28. The number of likely N-dealkylation sites (N-methyl/N-ethyl adjacent to an activating group) is 1. The quantitative estimate of drug-likeness (QED) is 0.0284. The van der Waals surface area contributed by atoms with Crippen molar-refractivity contribution in [2.75, 3.05) is 76.2 Å². The van der Waals surface area contributed by atoms with Gasteiger partial charge in [0, 0.05) is 106 Å². The standard InChI is InChI=1S/C62H76F2N14O9S2/c1-5-32-89(85,86)73-46-16-12-15-43(57(46)64)59-60(47-21-27-67-62(65)70-47)88-61(71-59)40-24-30-76(31-25-40)52(81)18-10-8-6-7-9-11-26-66-50(79)19-20-53(82)77-28-22-39(23-29-77)58-56-42(44-34-49-41(33-45(44)63)35-69-75(49)3)14-13-17-48(56)78(72-58)38-54(83)74(2)37-51(80)68-36-55(84)87-4/h12-17,21,27,33-35,39-40,73H,5-11,18-20,22-26,28-32,36-38H2,1-4H3,(H,66,79)(H,68,80)(H2,65,67,70). The zero-order chi connectivity index (χ0) is 63.4. The number of nitrogens with one attached hydrogen (secondary N) is 3. The number of methoxy groups -OCH3 is 1. The van der Waals surface area contributed by atoms with Crippen LogP contribution in [0, 0.1) is 11.6 Å². The van der Waals surface area contributed by atoms with Crippen molar-refractivity contribution in [3.8, 4) is 33.0 Å². The lowest BCUT2D eigenvalue weighted by Crippen LogP contribution is -2.41. The number of nitrogen functional groups attached to an aromatic ring is 1. The van der Waals surface area contributed by atoms with Gasteiger partial charge >= 0.3 is 5.97 Å². The number of unbranched alkanes of at least 4 members (excludes halogenated alkanes) is 5. The number of carbonyl (C=O) groups is 6. The van der Waals surface area contributed by atoms with Gasteiger partial charge in [-0.15, -0.1) is 11.3 Å². The summed E-state index contributed by atoms with van der Waals surface area (Å²) in [7, 11) is 0.701. The summed E-state index contributed by atoms with van der Waals surface area (Å²) in [5.41, 5.74) is 9.59. The molecule has 7 aromatic rings. The zero-order valence-corrected chi connectivity index (χ0v) is 52.2. The zero-order valence-electron chi connectivity index (χ0n) is 50.6. The van der Waals surface area contributed by atoms with Crippen LogP contribution in [0.4, 0.5) is 20.4 Å². The number of ether oxygens (including phenoxy) is 1. The maximum absolute atomic E-state index is 16.1. The van der Waals surface area contributed by atoms with Gasteiger partial charge in [0.2, 0.25) is 45.5 Å². The number of sulfonamides is 1. The fraction of sp³-hybridized carbons (Fsp3) is 0.468. The molecule has 0 saturated carbocycles. The van der Waals surface area contributed by atoms with E-state index in [0.717, 1.165) is 49.0 Å². The van der Waals surface area contributed by atoms with Crippen LogP contribution < -0.4 is 21.1 Å². The lowest BCUT2D eigenvalue weighted by atomic mass is 9.88. The number of piperidine rings is 2. The average Bonchev–Trinajstić information content (AvgIpc) is 1.67. The van der Waals surface area contributed by atoms with Crippen molar-refractivity contribution in [1.29, 1.82) is 0 Å². The van der Waals surface area contributed by atoms with Crippen LogP contribution in [0.25, 0.3) is 54.8 Å². The number of aromatic nitrogens is 7. The van der Waals surface area contributed by atoms with Gasteiger partial charge in [0.25, 0.3) is 0 Å². The Balaban J connectivity index is 0.692. The fourth-order valence-electron chi connectivity index (χ4n) is 11.5. The number of thiazole rings is 1. The molecule has 5 amide bonds. The summed E-state index contributed by atoms with van der Waals surface area (Å²) in [5.74, 6) is -3.27. The Morgan fingerprint density at radius 1 is 0.798 bits per heavy atom. The minimum absolute atomic E-state index is 0.00730. The number of aryl methyl sites for hydroxylation is 1. The number of rotatable bonds is 27. The monoisotopic (exact) mass is 1260 g/mol. The molecule has 474 valence electrons. The van der Waals surface area contributed by atoms with Gasteiger partial charge in [0.1, 0.15) is 18.9 Å². The summed E-state index contributed by atoms with van der Waals surface area (Å²) >= 11 is 1.38. The van der Waals surface area contributed by atoms with Crippen molar-refractivity contribution < 1.29 is 50.7 Å². The molecular formula is C62H76F2N14O9S2. The normalized spacial score (nSPS) is 14.1. The van der Waals surface area contributed by atoms with Gasteiger partial charge in [-0.1, -0.05) is 50.8 Å². The van der Waals surface area contributed by atoms with Crippen molar-refractivity contribution in [2.45, 2.75) is 115 Å². The Morgan fingerprint density at radius 2 is 1.48 bits per heavy atom. The van der Waals surface area contributed by atoms with Crippen molar-refractivity contribution in [3.63, 3.8) is 0 Å². The van der Waals surface area contributed by atoms with Crippen LogP contribution in [0.15, 0.2) is 67.0 Å². The predicted molar refractivity (Wildman–Crippen MR) is 334 cm³/mol. The largest absolute Gasteiger partial charge is 0.468 e. The number of fused-ring (bicyclic) bond motifs is 2. The van der Waals surface area contributed by atoms with Gasteiger partial charge in [-0.3, -0.25) is 42.9 Å². The highest BCUT2D eigenvalue weighted by molar-refractivity contribution is 7.92. The molecule has 3 aromatic carbocycles. The van der Waals surface area contributed by atoms with E-state index in [0.29, 0.717) is 121 Å². The second-order valence-electron chi connectivity index (χ2n) is 22.7. The third kappa shape index (κ3) is 16.3. The molecule has 0 radical (unpaired) electrons. The molecule has 0 atom stereocenters. The highest BCUT2D eigenvalue weighted by Crippen LogP contribution is 2.44. The van der Waals surface area contributed by atoms with Gasteiger partial charge < -0.3 is 35.8 Å². The van der Waals surface area contributed by atoms with E-state index in [2.05, 4.69) is 35.2 Å². The molecule has 9 rings (SSSR count). The number of esters is 1. The smallest absolute Gasteiger partial charge is 0.325 e. The number of likely N-dealkylation sites (tertiary alicyclic amines) is 2. The molecule has 5 N–H and O–H groups in total. The molecule has 2 aliphatic heterocycles. The maximum atomic E-state index is 16.1. The predicted octanol–water partition coefficient (Wildman–Crippen LogP) is 7.67. The molecule has 89 heavy (non-hydrogen) atoms. The Morgan fingerprint density at radius 3 is 2.20 bits per heavy atom. The Bertz CT molecular complexity index is 3840. The molecule has 2 aliphatic rings. The average molecular weight is 1260 g/mol. The number of benzene rings is 3. The van der Waals surface area contributed by atoms with Gasteiger partial charge in [0.15, 0.2) is 5.82 Å². The van der Waals surface area contributed by atoms with E-state index < -0.39 is 39.4 Å². The first-order chi connectivity index (χ1) is 42.8. The summed E-state index contributed by atoms with van der Waals surface area (Å²) < 4.78 is 67.5. The molecule has 0 bridgehead atoms. The van der Waals surface area contributed by atoms with Crippen molar-refractivity contribution in [3.05, 3.63) is 89.3 Å². The number of nitrogens with two attached hydrogens (primary N) is 1. The van der Waals surface area contributed by atoms with Crippen LogP contribution in [-0.4, -0.2) is 159 Å². The molecule has 27 heteroatoms. The topological polar surface area (TPSA) is 292 Å². The lowest BCUT2D eigenvalue weighted by molar-refractivity contribution is -0.141. The van der Waals surface area contributed by atoms with Gasteiger partial charge in [-0.05, 0) is 86.9 Å². The van der Waals surface area contributed by atoms with E-state index in [9.17, 15) is 37.2 Å². The molecule has 6 heterocycles. The van der Waals surface area contributed by atoms with Crippen LogP contribution >= 0.6 is 11.3 Å². The Hall–Kier alpha value is -8.46. The van der Waals surface area contributed by atoms with Gasteiger partial charge in [-0.2, -0.15) is 10.2 Å². The second kappa shape index (κ2) is 29.7. The maximum Gasteiger partial charge on any atom is 0.325 e. The first-order valence-electron chi connectivity index (χ1n) is 30.2. The number of amides is 5. The Labute approximate surface area is 519 Å². The number of halogens is 2. The molecule has 4 aromatic heterocycles. The Kier molecular flexibility index (Phi) is 21.7. The molecule has 0 spiro atoms. The van der Waals surface area contributed by atoms with Crippen molar-refractivity contribution >= 4 is 90.3 Å². The first kappa shape index (κ1) is 65.0. The van der Waals surface area contributed by atoms with Crippen LogP contribution in [0.2, 0.25) is 0 Å². The molecule has 23 nitrogen and oxygen atoms in total. The van der Waals surface area contributed by atoms with Gasteiger partial charge in [0.05, 0.1) is 69.3 Å².